The van der Waals surface area contributed by atoms with E-state index in [1.54, 1.807) is 0 Å². The van der Waals surface area contributed by atoms with Crippen LogP contribution in [0.25, 0.3) is 10.9 Å². The SMILES string of the molecule is CNC1CCN(c2cnc3ccccc3c2)CC1C. The summed E-state index contributed by atoms with van der Waals surface area (Å²) in [5.74, 6) is 0.672. The molecule has 0 amide bonds. The van der Waals surface area contributed by atoms with Crippen LogP contribution in [-0.4, -0.2) is 31.2 Å². The topological polar surface area (TPSA) is 28.2 Å². The fourth-order valence-corrected chi connectivity index (χ4v) is 3.04. The Bertz CT molecular complexity index is 567. The lowest BCUT2D eigenvalue weighted by molar-refractivity contribution is 0.339. The van der Waals surface area contributed by atoms with Crippen LogP contribution in [0.3, 0.4) is 0 Å². The van der Waals surface area contributed by atoms with Crippen molar-refractivity contribution in [2.24, 2.45) is 5.92 Å². The Morgan fingerprint density at radius 3 is 2.95 bits per heavy atom. The van der Waals surface area contributed by atoms with Gasteiger partial charge in [0.15, 0.2) is 0 Å². The average Bonchev–Trinajstić information content (AvgIpc) is 2.46. The molecule has 2 atom stereocenters. The van der Waals surface area contributed by atoms with E-state index in [0.717, 1.165) is 18.6 Å². The van der Waals surface area contributed by atoms with Gasteiger partial charge in [-0.3, -0.25) is 4.98 Å². The van der Waals surface area contributed by atoms with Crippen LogP contribution in [0.1, 0.15) is 13.3 Å². The van der Waals surface area contributed by atoms with E-state index in [1.165, 1.54) is 17.5 Å². The second kappa shape index (κ2) is 5.17. The Labute approximate surface area is 114 Å². The summed E-state index contributed by atoms with van der Waals surface area (Å²) in [5, 5.41) is 4.64. The van der Waals surface area contributed by atoms with Gasteiger partial charge in [0.1, 0.15) is 0 Å². The van der Waals surface area contributed by atoms with Crippen LogP contribution >= 0.6 is 0 Å². The molecule has 0 radical (unpaired) electrons. The lowest BCUT2D eigenvalue weighted by Gasteiger charge is -2.38. The average molecular weight is 255 g/mol. The normalized spacial score (nSPS) is 23.8. The van der Waals surface area contributed by atoms with Gasteiger partial charge in [0.2, 0.25) is 0 Å². The minimum Gasteiger partial charge on any atom is -0.370 e. The van der Waals surface area contributed by atoms with Crippen LogP contribution in [0.15, 0.2) is 36.5 Å². The van der Waals surface area contributed by atoms with Gasteiger partial charge in [0, 0.05) is 24.5 Å². The van der Waals surface area contributed by atoms with Crippen molar-refractivity contribution < 1.29 is 0 Å². The molecule has 2 unspecified atom stereocenters. The van der Waals surface area contributed by atoms with Crippen molar-refractivity contribution in [1.82, 2.24) is 10.3 Å². The number of nitrogens with zero attached hydrogens (tertiary/aromatic N) is 2. The van der Waals surface area contributed by atoms with Gasteiger partial charge in [0.25, 0.3) is 0 Å². The highest BCUT2D eigenvalue weighted by molar-refractivity contribution is 5.81. The third kappa shape index (κ3) is 2.43. The number of rotatable bonds is 2. The third-order valence-electron chi connectivity index (χ3n) is 4.22. The van der Waals surface area contributed by atoms with E-state index in [4.69, 9.17) is 0 Å². The van der Waals surface area contributed by atoms with E-state index < -0.39 is 0 Å². The molecule has 2 heterocycles. The van der Waals surface area contributed by atoms with Crippen LogP contribution in [0.2, 0.25) is 0 Å². The first-order valence-corrected chi connectivity index (χ1v) is 7.05. The van der Waals surface area contributed by atoms with Crippen molar-refractivity contribution in [2.45, 2.75) is 19.4 Å². The zero-order valence-electron chi connectivity index (χ0n) is 11.6. The number of pyridine rings is 1. The number of hydrogen-bond acceptors (Lipinski definition) is 3. The van der Waals surface area contributed by atoms with E-state index in [2.05, 4.69) is 53.4 Å². The fourth-order valence-electron chi connectivity index (χ4n) is 3.04. The van der Waals surface area contributed by atoms with Gasteiger partial charge >= 0.3 is 0 Å². The summed E-state index contributed by atoms with van der Waals surface area (Å²) in [6, 6.07) is 11.2. The smallest absolute Gasteiger partial charge is 0.0703 e. The van der Waals surface area contributed by atoms with Crippen LogP contribution in [0.4, 0.5) is 5.69 Å². The number of anilines is 1. The van der Waals surface area contributed by atoms with E-state index in [1.807, 2.05) is 12.3 Å². The number of nitrogens with one attached hydrogen (secondary N) is 1. The van der Waals surface area contributed by atoms with Crippen molar-refractivity contribution in [3.05, 3.63) is 36.5 Å². The maximum absolute atomic E-state index is 4.56. The van der Waals surface area contributed by atoms with E-state index >= 15 is 0 Å². The molecular formula is C16H21N3. The highest BCUT2D eigenvalue weighted by Crippen LogP contribution is 2.25. The highest BCUT2D eigenvalue weighted by atomic mass is 15.2. The summed E-state index contributed by atoms with van der Waals surface area (Å²) in [4.78, 5) is 7.02. The predicted molar refractivity (Wildman–Crippen MR) is 80.6 cm³/mol. The molecule has 0 aliphatic carbocycles. The van der Waals surface area contributed by atoms with Crippen molar-refractivity contribution in [1.29, 1.82) is 0 Å². The third-order valence-corrected chi connectivity index (χ3v) is 4.22. The van der Waals surface area contributed by atoms with Crippen molar-refractivity contribution in [2.75, 3.05) is 25.0 Å². The van der Waals surface area contributed by atoms with Crippen LogP contribution < -0.4 is 10.2 Å². The summed E-state index contributed by atoms with van der Waals surface area (Å²) in [5.41, 5.74) is 2.32. The number of para-hydroxylation sites is 1. The monoisotopic (exact) mass is 255 g/mol. The largest absolute Gasteiger partial charge is 0.370 e. The number of aromatic nitrogens is 1. The molecule has 3 rings (SSSR count). The number of hydrogen-bond donors (Lipinski definition) is 1. The van der Waals surface area contributed by atoms with Crippen LogP contribution in [0.5, 0.6) is 0 Å². The Balaban J connectivity index is 1.84. The molecule has 1 fully saturated rings. The van der Waals surface area contributed by atoms with Gasteiger partial charge in [-0.2, -0.15) is 0 Å². The standard InChI is InChI=1S/C16H21N3/c1-12-11-19(8-7-15(12)17-2)14-9-13-5-3-4-6-16(13)18-10-14/h3-6,9-10,12,15,17H,7-8,11H2,1-2H3. The molecule has 100 valence electrons. The molecule has 1 N–H and O–H groups in total. The quantitative estimate of drug-likeness (QED) is 0.894. The molecule has 0 spiro atoms. The van der Waals surface area contributed by atoms with Gasteiger partial charge in [-0.25, -0.2) is 0 Å². The Morgan fingerprint density at radius 2 is 2.16 bits per heavy atom. The van der Waals surface area contributed by atoms with E-state index in [9.17, 15) is 0 Å². The van der Waals surface area contributed by atoms with E-state index in [-0.39, 0.29) is 0 Å². The second-order valence-electron chi connectivity index (χ2n) is 5.49. The molecule has 2 aromatic rings. The molecule has 1 saturated heterocycles. The summed E-state index contributed by atoms with van der Waals surface area (Å²) in [6.45, 7) is 4.53. The lowest BCUT2D eigenvalue weighted by Crippen LogP contribution is -2.47. The zero-order valence-corrected chi connectivity index (χ0v) is 11.6. The molecule has 3 nitrogen and oxygen atoms in total. The molecule has 3 heteroatoms. The lowest BCUT2D eigenvalue weighted by atomic mass is 9.94. The summed E-state index contributed by atoms with van der Waals surface area (Å²) in [7, 11) is 2.06. The molecule has 0 bridgehead atoms. The maximum atomic E-state index is 4.56. The first-order chi connectivity index (χ1) is 9.28. The maximum Gasteiger partial charge on any atom is 0.0703 e. The summed E-state index contributed by atoms with van der Waals surface area (Å²) >= 11 is 0. The first kappa shape index (κ1) is 12.4. The second-order valence-corrected chi connectivity index (χ2v) is 5.49. The molecule has 1 aromatic heterocycles. The van der Waals surface area contributed by atoms with E-state index in [0.29, 0.717) is 12.0 Å². The first-order valence-electron chi connectivity index (χ1n) is 7.05. The Morgan fingerprint density at radius 1 is 1.32 bits per heavy atom. The van der Waals surface area contributed by atoms with Crippen molar-refractivity contribution in [3.63, 3.8) is 0 Å². The Hall–Kier alpha value is -1.61. The number of piperidine rings is 1. The number of benzene rings is 1. The highest BCUT2D eigenvalue weighted by Gasteiger charge is 2.24. The molecule has 0 saturated carbocycles. The molecule has 19 heavy (non-hydrogen) atoms. The molecule has 1 aliphatic heterocycles. The summed E-state index contributed by atoms with van der Waals surface area (Å²) in [6.07, 6.45) is 3.21. The van der Waals surface area contributed by atoms with Gasteiger partial charge in [-0.05, 0) is 31.5 Å². The van der Waals surface area contributed by atoms with Gasteiger partial charge in [-0.15, -0.1) is 0 Å². The van der Waals surface area contributed by atoms with Gasteiger partial charge in [0.05, 0.1) is 17.4 Å². The molecular weight excluding hydrogens is 234 g/mol. The van der Waals surface area contributed by atoms with Crippen molar-refractivity contribution >= 4 is 16.6 Å². The zero-order chi connectivity index (χ0) is 13.2. The van der Waals surface area contributed by atoms with Gasteiger partial charge in [-0.1, -0.05) is 25.1 Å². The Kier molecular flexibility index (Phi) is 3.38. The summed E-state index contributed by atoms with van der Waals surface area (Å²) < 4.78 is 0. The van der Waals surface area contributed by atoms with Crippen LogP contribution in [-0.2, 0) is 0 Å². The van der Waals surface area contributed by atoms with Crippen molar-refractivity contribution in [3.8, 4) is 0 Å². The predicted octanol–water partition coefficient (Wildman–Crippen LogP) is 2.67. The molecule has 1 aliphatic rings. The fraction of sp³-hybridized carbons (Fsp3) is 0.438. The minimum absolute atomic E-state index is 0.643. The molecule has 1 aromatic carbocycles. The number of fused-ring (bicyclic) bond motifs is 1. The van der Waals surface area contributed by atoms with Crippen LogP contribution in [0, 0.1) is 5.92 Å². The minimum atomic E-state index is 0.643. The van der Waals surface area contributed by atoms with Gasteiger partial charge < -0.3 is 10.2 Å².